The number of aryl methyl sites for hydroxylation is 1. The molecule has 0 radical (unpaired) electrons. The van der Waals surface area contributed by atoms with Crippen molar-refractivity contribution >= 4 is 11.6 Å². The van der Waals surface area contributed by atoms with E-state index in [4.69, 9.17) is 16.0 Å². The summed E-state index contributed by atoms with van der Waals surface area (Å²) in [6, 6.07) is 3.60. The number of aromatic amines is 1. The number of fused-ring (bicyclic) bond motifs is 1. The average Bonchev–Trinajstić information content (AvgIpc) is 2.85. The normalized spacial score (nSPS) is 15.1. The van der Waals surface area contributed by atoms with Gasteiger partial charge < -0.3 is 9.40 Å². The number of halogens is 1. The Hall–Kier alpha value is -1.59. The van der Waals surface area contributed by atoms with E-state index in [2.05, 4.69) is 21.8 Å². The van der Waals surface area contributed by atoms with Crippen LogP contribution in [0.15, 0.2) is 21.3 Å². The minimum atomic E-state index is -0.00868. The Labute approximate surface area is 127 Å². The lowest BCUT2D eigenvalue weighted by Crippen LogP contribution is -2.35. The van der Waals surface area contributed by atoms with Gasteiger partial charge in [0.1, 0.15) is 11.6 Å². The van der Waals surface area contributed by atoms with E-state index in [0.29, 0.717) is 18.3 Å². The third kappa shape index (κ3) is 3.19. The molecule has 3 rings (SSSR count). The Kier molecular flexibility index (Phi) is 4.12. The lowest BCUT2D eigenvalue weighted by Gasteiger charge is -2.26. The molecule has 0 aromatic carbocycles. The molecule has 6 heteroatoms. The van der Waals surface area contributed by atoms with Gasteiger partial charge in [-0.15, -0.1) is 0 Å². The SMILES string of the molecule is CCCc1nc2c(c(=O)[nH]1)CN(Cc1ccc(Cl)o1)CC2. The van der Waals surface area contributed by atoms with Gasteiger partial charge in [-0.05, 0) is 30.2 Å². The molecule has 112 valence electrons. The fraction of sp³-hybridized carbons (Fsp3) is 0.467. The first-order valence-corrected chi connectivity index (χ1v) is 7.61. The van der Waals surface area contributed by atoms with Crippen LogP contribution in [0.5, 0.6) is 0 Å². The molecular formula is C15H18ClN3O2. The maximum Gasteiger partial charge on any atom is 0.255 e. The second-order valence-corrected chi connectivity index (χ2v) is 5.73. The number of aromatic nitrogens is 2. The lowest BCUT2D eigenvalue weighted by molar-refractivity contribution is 0.222. The van der Waals surface area contributed by atoms with Crippen molar-refractivity contribution in [3.63, 3.8) is 0 Å². The van der Waals surface area contributed by atoms with Crippen LogP contribution in [-0.4, -0.2) is 21.4 Å². The van der Waals surface area contributed by atoms with E-state index in [1.807, 2.05) is 6.07 Å². The van der Waals surface area contributed by atoms with Crippen LogP contribution < -0.4 is 5.56 Å². The zero-order valence-corrected chi connectivity index (χ0v) is 12.7. The summed E-state index contributed by atoms with van der Waals surface area (Å²) >= 11 is 5.78. The van der Waals surface area contributed by atoms with Crippen molar-refractivity contribution in [3.05, 3.63) is 50.5 Å². The van der Waals surface area contributed by atoms with Crippen LogP contribution in [0.3, 0.4) is 0 Å². The van der Waals surface area contributed by atoms with Crippen molar-refractivity contribution in [2.24, 2.45) is 0 Å². The second kappa shape index (κ2) is 6.03. The van der Waals surface area contributed by atoms with Crippen LogP contribution in [-0.2, 0) is 25.9 Å². The van der Waals surface area contributed by atoms with Gasteiger partial charge in [0.2, 0.25) is 0 Å². The molecular weight excluding hydrogens is 290 g/mol. The van der Waals surface area contributed by atoms with Crippen molar-refractivity contribution in [1.82, 2.24) is 14.9 Å². The molecule has 21 heavy (non-hydrogen) atoms. The number of rotatable bonds is 4. The summed E-state index contributed by atoms with van der Waals surface area (Å²) in [6.45, 7) is 4.20. The average molecular weight is 308 g/mol. The highest BCUT2D eigenvalue weighted by atomic mass is 35.5. The first-order valence-electron chi connectivity index (χ1n) is 7.23. The first-order chi connectivity index (χ1) is 10.2. The highest BCUT2D eigenvalue weighted by molar-refractivity contribution is 6.28. The molecule has 0 saturated carbocycles. The van der Waals surface area contributed by atoms with Crippen LogP contribution in [0.4, 0.5) is 0 Å². The van der Waals surface area contributed by atoms with Crippen molar-refractivity contribution in [2.45, 2.75) is 39.3 Å². The van der Waals surface area contributed by atoms with Gasteiger partial charge in [0, 0.05) is 25.9 Å². The Morgan fingerprint density at radius 1 is 1.48 bits per heavy atom. The van der Waals surface area contributed by atoms with Crippen molar-refractivity contribution in [3.8, 4) is 0 Å². The van der Waals surface area contributed by atoms with E-state index in [9.17, 15) is 4.79 Å². The van der Waals surface area contributed by atoms with E-state index in [0.717, 1.165) is 48.6 Å². The standard InChI is InChI=1S/C15H18ClN3O2/c1-2-3-14-17-12-6-7-19(9-11(12)15(20)18-14)8-10-4-5-13(16)21-10/h4-5H,2-3,6-9H2,1H3,(H,17,18,20). The molecule has 0 atom stereocenters. The molecule has 0 fully saturated rings. The lowest BCUT2D eigenvalue weighted by atomic mass is 10.1. The van der Waals surface area contributed by atoms with E-state index in [-0.39, 0.29) is 5.56 Å². The molecule has 0 unspecified atom stereocenters. The molecule has 0 aliphatic carbocycles. The number of nitrogens with zero attached hydrogens (tertiary/aromatic N) is 2. The quantitative estimate of drug-likeness (QED) is 0.943. The van der Waals surface area contributed by atoms with Crippen molar-refractivity contribution in [1.29, 1.82) is 0 Å². The molecule has 5 nitrogen and oxygen atoms in total. The van der Waals surface area contributed by atoms with E-state index < -0.39 is 0 Å². The second-order valence-electron chi connectivity index (χ2n) is 5.35. The van der Waals surface area contributed by atoms with Crippen molar-refractivity contribution < 1.29 is 4.42 Å². The fourth-order valence-corrected chi connectivity index (χ4v) is 2.84. The van der Waals surface area contributed by atoms with Gasteiger partial charge in [-0.3, -0.25) is 9.69 Å². The number of H-pyrrole nitrogens is 1. The largest absolute Gasteiger partial charge is 0.448 e. The topological polar surface area (TPSA) is 62.1 Å². The molecule has 0 amide bonds. The van der Waals surface area contributed by atoms with Crippen LogP contribution in [0, 0.1) is 0 Å². The maximum absolute atomic E-state index is 12.2. The van der Waals surface area contributed by atoms with Crippen LogP contribution in [0.2, 0.25) is 5.22 Å². The summed E-state index contributed by atoms with van der Waals surface area (Å²) in [7, 11) is 0. The number of furan rings is 1. The van der Waals surface area contributed by atoms with Gasteiger partial charge in [-0.2, -0.15) is 0 Å². The first kappa shape index (κ1) is 14.4. The predicted molar refractivity (Wildman–Crippen MR) is 80.4 cm³/mol. The molecule has 3 heterocycles. The summed E-state index contributed by atoms with van der Waals surface area (Å²) in [4.78, 5) is 21.8. The van der Waals surface area contributed by atoms with E-state index >= 15 is 0 Å². The summed E-state index contributed by atoms with van der Waals surface area (Å²) in [5, 5.41) is 0.395. The van der Waals surface area contributed by atoms with Crippen LogP contribution >= 0.6 is 11.6 Å². The molecule has 2 aromatic rings. The molecule has 1 aliphatic heterocycles. The third-order valence-corrected chi connectivity index (χ3v) is 3.89. The smallest absolute Gasteiger partial charge is 0.255 e. The Balaban J connectivity index is 1.77. The molecule has 2 aromatic heterocycles. The predicted octanol–water partition coefficient (Wildman–Crippen LogP) is 2.53. The van der Waals surface area contributed by atoms with Gasteiger partial charge in [-0.25, -0.2) is 4.98 Å². The molecule has 0 saturated heterocycles. The maximum atomic E-state index is 12.2. The van der Waals surface area contributed by atoms with Crippen molar-refractivity contribution in [2.75, 3.05) is 6.54 Å². The highest BCUT2D eigenvalue weighted by Crippen LogP contribution is 2.19. The molecule has 1 aliphatic rings. The highest BCUT2D eigenvalue weighted by Gasteiger charge is 2.21. The minimum absolute atomic E-state index is 0.00868. The zero-order valence-electron chi connectivity index (χ0n) is 12.0. The van der Waals surface area contributed by atoms with Crippen LogP contribution in [0.1, 0.15) is 36.2 Å². The molecule has 0 spiro atoms. The number of hydrogen-bond donors (Lipinski definition) is 1. The van der Waals surface area contributed by atoms with Crippen LogP contribution in [0.25, 0.3) is 0 Å². The van der Waals surface area contributed by atoms with E-state index in [1.165, 1.54) is 0 Å². The molecule has 0 bridgehead atoms. The summed E-state index contributed by atoms with van der Waals surface area (Å²) in [5.41, 5.74) is 1.71. The third-order valence-electron chi connectivity index (χ3n) is 3.69. The Bertz CT molecular complexity index is 692. The monoisotopic (exact) mass is 307 g/mol. The van der Waals surface area contributed by atoms with Gasteiger partial charge in [-0.1, -0.05) is 6.92 Å². The summed E-state index contributed by atoms with van der Waals surface area (Å²) in [6.07, 6.45) is 2.59. The van der Waals surface area contributed by atoms with E-state index in [1.54, 1.807) is 6.07 Å². The summed E-state index contributed by atoms with van der Waals surface area (Å²) in [5.74, 6) is 1.61. The van der Waals surface area contributed by atoms with Gasteiger partial charge >= 0.3 is 0 Å². The Morgan fingerprint density at radius 2 is 2.33 bits per heavy atom. The number of hydrogen-bond acceptors (Lipinski definition) is 4. The minimum Gasteiger partial charge on any atom is -0.448 e. The van der Waals surface area contributed by atoms with Gasteiger partial charge in [0.05, 0.1) is 17.8 Å². The van der Waals surface area contributed by atoms with Gasteiger partial charge in [0.15, 0.2) is 5.22 Å². The number of nitrogens with one attached hydrogen (secondary N) is 1. The van der Waals surface area contributed by atoms with Gasteiger partial charge in [0.25, 0.3) is 5.56 Å². The summed E-state index contributed by atoms with van der Waals surface area (Å²) < 4.78 is 5.38. The molecule has 1 N–H and O–H groups in total. The zero-order chi connectivity index (χ0) is 14.8. The Morgan fingerprint density at radius 3 is 3.05 bits per heavy atom. The fourth-order valence-electron chi connectivity index (χ4n) is 2.68.